The van der Waals surface area contributed by atoms with Gasteiger partial charge in [0, 0.05) is 12.2 Å². The van der Waals surface area contributed by atoms with Crippen molar-refractivity contribution in [3.05, 3.63) is 71.5 Å². The highest BCUT2D eigenvalue weighted by molar-refractivity contribution is 5.94. The van der Waals surface area contributed by atoms with Crippen LogP contribution in [0.25, 0.3) is 0 Å². The summed E-state index contributed by atoms with van der Waals surface area (Å²) < 4.78 is 13.2. The molecule has 0 radical (unpaired) electrons. The Hall–Kier alpha value is -2.20. The predicted molar refractivity (Wildman–Crippen MR) is 79.4 cm³/mol. The highest BCUT2D eigenvalue weighted by Crippen LogP contribution is 2.19. The highest BCUT2D eigenvalue weighted by atomic mass is 19.1. The van der Waals surface area contributed by atoms with Crippen LogP contribution in [0.4, 0.5) is 4.39 Å². The molecule has 0 saturated heterocycles. The molecule has 0 aliphatic rings. The molecule has 2 aromatic carbocycles. The number of aliphatic hydroxyl groups is 1. The van der Waals surface area contributed by atoms with E-state index in [0.29, 0.717) is 18.4 Å². The Morgan fingerprint density at radius 3 is 2.57 bits per heavy atom. The van der Waals surface area contributed by atoms with Crippen molar-refractivity contribution in [3.8, 4) is 0 Å². The largest absolute Gasteiger partial charge is 0.396 e. The summed E-state index contributed by atoms with van der Waals surface area (Å²) in [6.45, 7) is 0.0686. The van der Waals surface area contributed by atoms with Gasteiger partial charge in [-0.15, -0.1) is 0 Å². The third-order valence-corrected chi connectivity index (χ3v) is 3.24. The fourth-order valence-electron chi connectivity index (χ4n) is 2.17. The van der Waals surface area contributed by atoms with E-state index in [1.165, 1.54) is 18.2 Å². The molecule has 1 amide bonds. The number of halogens is 1. The first kappa shape index (κ1) is 15.2. The molecule has 4 heteroatoms. The van der Waals surface area contributed by atoms with E-state index >= 15 is 0 Å². The molecule has 110 valence electrons. The van der Waals surface area contributed by atoms with Crippen molar-refractivity contribution in [2.75, 3.05) is 6.61 Å². The van der Waals surface area contributed by atoms with Crippen LogP contribution in [0, 0.1) is 5.82 Å². The van der Waals surface area contributed by atoms with Gasteiger partial charge in [0.05, 0.1) is 6.04 Å². The molecule has 2 rings (SSSR count). The Morgan fingerprint density at radius 2 is 1.90 bits per heavy atom. The van der Waals surface area contributed by atoms with Crippen LogP contribution in [0.3, 0.4) is 0 Å². The number of rotatable bonds is 6. The maximum atomic E-state index is 13.2. The SMILES string of the molecule is O=C(NC(CCCO)c1ccccc1)c1cccc(F)c1. The van der Waals surface area contributed by atoms with E-state index in [9.17, 15) is 9.18 Å². The van der Waals surface area contributed by atoms with Crippen molar-refractivity contribution < 1.29 is 14.3 Å². The fourth-order valence-corrected chi connectivity index (χ4v) is 2.17. The van der Waals surface area contributed by atoms with E-state index in [0.717, 1.165) is 5.56 Å². The van der Waals surface area contributed by atoms with E-state index in [1.54, 1.807) is 6.07 Å². The fraction of sp³-hybridized carbons (Fsp3) is 0.235. The number of nitrogens with one attached hydrogen (secondary N) is 1. The monoisotopic (exact) mass is 287 g/mol. The average Bonchev–Trinajstić information content (AvgIpc) is 2.52. The lowest BCUT2D eigenvalue weighted by Gasteiger charge is -2.19. The number of hydrogen-bond acceptors (Lipinski definition) is 2. The first-order chi connectivity index (χ1) is 10.2. The van der Waals surface area contributed by atoms with Crippen molar-refractivity contribution in [2.45, 2.75) is 18.9 Å². The normalized spacial score (nSPS) is 11.9. The summed E-state index contributed by atoms with van der Waals surface area (Å²) in [6, 6.07) is 14.9. The molecule has 0 fully saturated rings. The number of amides is 1. The lowest BCUT2D eigenvalue weighted by molar-refractivity contribution is 0.0932. The molecular weight excluding hydrogens is 269 g/mol. The van der Waals surface area contributed by atoms with Gasteiger partial charge < -0.3 is 10.4 Å². The lowest BCUT2D eigenvalue weighted by Crippen LogP contribution is -2.28. The second-order valence-corrected chi connectivity index (χ2v) is 4.81. The summed E-state index contributed by atoms with van der Waals surface area (Å²) in [4.78, 5) is 12.2. The van der Waals surface area contributed by atoms with E-state index in [2.05, 4.69) is 5.32 Å². The first-order valence-electron chi connectivity index (χ1n) is 6.93. The minimum Gasteiger partial charge on any atom is -0.396 e. The summed E-state index contributed by atoms with van der Waals surface area (Å²) in [5.74, 6) is -0.754. The van der Waals surface area contributed by atoms with Crippen LogP contribution in [-0.4, -0.2) is 17.6 Å². The van der Waals surface area contributed by atoms with E-state index in [-0.39, 0.29) is 18.6 Å². The minimum absolute atomic E-state index is 0.0686. The molecule has 0 aliphatic carbocycles. The number of aliphatic hydroxyl groups excluding tert-OH is 1. The van der Waals surface area contributed by atoms with Gasteiger partial charge in [0.2, 0.25) is 0 Å². The Morgan fingerprint density at radius 1 is 1.14 bits per heavy atom. The predicted octanol–water partition coefficient (Wildman–Crippen LogP) is 3.07. The summed E-state index contributed by atoms with van der Waals surface area (Å²) in [6.07, 6.45) is 1.21. The zero-order chi connectivity index (χ0) is 15.1. The highest BCUT2D eigenvalue weighted by Gasteiger charge is 2.15. The molecule has 0 aliphatic heterocycles. The zero-order valence-corrected chi connectivity index (χ0v) is 11.6. The van der Waals surface area contributed by atoms with Crippen LogP contribution >= 0.6 is 0 Å². The molecule has 3 nitrogen and oxygen atoms in total. The van der Waals surface area contributed by atoms with E-state index in [4.69, 9.17) is 5.11 Å². The lowest BCUT2D eigenvalue weighted by atomic mass is 10.0. The number of hydrogen-bond donors (Lipinski definition) is 2. The quantitative estimate of drug-likeness (QED) is 0.858. The van der Waals surface area contributed by atoms with E-state index in [1.807, 2.05) is 30.3 Å². The standard InChI is InChI=1S/C17H18FNO2/c18-15-9-4-8-14(12-15)17(21)19-16(10-5-11-20)13-6-2-1-3-7-13/h1-4,6-9,12,16,20H,5,10-11H2,(H,19,21). The molecule has 2 aromatic rings. The molecule has 0 saturated carbocycles. The maximum Gasteiger partial charge on any atom is 0.251 e. The molecule has 0 heterocycles. The summed E-state index contributed by atoms with van der Waals surface area (Å²) >= 11 is 0. The van der Waals surface area contributed by atoms with Gasteiger partial charge >= 0.3 is 0 Å². The van der Waals surface area contributed by atoms with Crippen molar-refractivity contribution in [2.24, 2.45) is 0 Å². The van der Waals surface area contributed by atoms with Gasteiger partial charge in [0.15, 0.2) is 0 Å². The Labute approximate surface area is 123 Å². The van der Waals surface area contributed by atoms with Crippen molar-refractivity contribution in [1.29, 1.82) is 0 Å². The van der Waals surface area contributed by atoms with Gasteiger partial charge in [-0.3, -0.25) is 4.79 Å². The van der Waals surface area contributed by atoms with Crippen molar-refractivity contribution in [1.82, 2.24) is 5.32 Å². The van der Waals surface area contributed by atoms with Crippen LogP contribution in [0.5, 0.6) is 0 Å². The topological polar surface area (TPSA) is 49.3 Å². The van der Waals surface area contributed by atoms with Gasteiger partial charge in [0.1, 0.15) is 5.82 Å². The van der Waals surface area contributed by atoms with Crippen LogP contribution in [0.1, 0.15) is 34.8 Å². The smallest absolute Gasteiger partial charge is 0.251 e. The van der Waals surface area contributed by atoms with Crippen LogP contribution in [0.2, 0.25) is 0 Å². The molecule has 1 atom stereocenters. The Kier molecular flexibility index (Phi) is 5.46. The third kappa shape index (κ3) is 4.39. The second kappa shape index (κ2) is 7.55. The van der Waals surface area contributed by atoms with Crippen LogP contribution in [0.15, 0.2) is 54.6 Å². The van der Waals surface area contributed by atoms with Gasteiger partial charge in [-0.2, -0.15) is 0 Å². The van der Waals surface area contributed by atoms with Crippen molar-refractivity contribution >= 4 is 5.91 Å². The first-order valence-corrected chi connectivity index (χ1v) is 6.93. The van der Waals surface area contributed by atoms with Crippen molar-refractivity contribution in [3.63, 3.8) is 0 Å². The van der Waals surface area contributed by atoms with Gasteiger partial charge in [-0.1, -0.05) is 36.4 Å². The van der Waals surface area contributed by atoms with Crippen LogP contribution in [-0.2, 0) is 0 Å². The summed E-state index contributed by atoms with van der Waals surface area (Å²) in [5, 5.41) is 11.9. The minimum atomic E-state index is -0.436. The average molecular weight is 287 g/mol. The molecular formula is C17H18FNO2. The molecule has 1 unspecified atom stereocenters. The second-order valence-electron chi connectivity index (χ2n) is 4.81. The van der Waals surface area contributed by atoms with E-state index < -0.39 is 5.82 Å². The molecule has 0 aromatic heterocycles. The van der Waals surface area contributed by atoms with Gasteiger partial charge in [-0.25, -0.2) is 4.39 Å². The Balaban J connectivity index is 2.13. The van der Waals surface area contributed by atoms with Gasteiger partial charge in [0.25, 0.3) is 5.91 Å². The summed E-state index contributed by atoms with van der Waals surface area (Å²) in [5.41, 5.74) is 1.26. The molecule has 2 N–H and O–H groups in total. The maximum absolute atomic E-state index is 13.2. The Bertz CT molecular complexity index is 586. The molecule has 0 spiro atoms. The number of carbonyl (C=O) groups excluding carboxylic acids is 1. The number of benzene rings is 2. The van der Waals surface area contributed by atoms with Gasteiger partial charge in [-0.05, 0) is 36.6 Å². The zero-order valence-electron chi connectivity index (χ0n) is 11.6. The van der Waals surface area contributed by atoms with Crippen LogP contribution < -0.4 is 5.32 Å². The molecule has 0 bridgehead atoms. The number of carbonyl (C=O) groups is 1. The molecule has 21 heavy (non-hydrogen) atoms. The summed E-state index contributed by atoms with van der Waals surface area (Å²) in [7, 11) is 0. The third-order valence-electron chi connectivity index (χ3n) is 3.24.